The molecule has 17 heavy (non-hydrogen) atoms. The van der Waals surface area contributed by atoms with Crippen molar-refractivity contribution in [2.45, 2.75) is 45.1 Å². The first-order valence-corrected chi connectivity index (χ1v) is 7.32. The van der Waals surface area contributed by atoms with E-state index in [1.54, 1.807) is 0 Å². The van der Waals surface area contributed by atoms with E-state index in [-0.39, 0.29) is 0 Å². The molecule has 1 fully saturated rings. The molecule has 2 unspecified atom stereocenters. The number of rotatable bonds is 4. The zero-order valence-corrected chi connectivity index (χ0v) is 12.5. The summed E-state index contributed by atoms with van der Waals surface area (Å²) in [5.41, 5.74) is 1.40. The fourth-order valence-electron chi connectivity index (χ4n) is 3.01. The van der Waals surface area contributed by atoms with Gasteiger partial charge in [0.05, 0.1) is 16.4 Å². The maximum Gasteiger partial charge on any atom is 0.0635 e. The Labute approximate surface area is 112 Å². The van der Waals surface area contributed by atoms with Crippen molar-refractivity contribution in [1.29, 1.82) is 0 Å². The Hall–Kier alpha value is -0.350. The summed E-state index contributed by atoms with van der Waals surface area (Å²) in [6.45, 7) is 5.51. The van der Waals surface area contributed by atoms with E-state index in [9.17, 15) is 0 Å². The standard InChI is InChI=1S/C13H22BrN3/c1-9(2)17-13(12(14)8-16-17)11-6-4-5-10(11)7-15-3/h8-11,15H,4-7H2,1-3H3. The van der Waals surface area contributed by atoms with Crippen LogP contribution in [0.15, 0.2) is 10.7 Å². The van der Waals surface area contributed by atoms with E-state index in [1.807, 2.05) is 13.2 Å². The highest BCUT2D eigenvalue weighted by Crippen LogP contribution is 2.42. The topological polar surface area (TPSA) is 29.9 Å². The summed E-state index contributed by atoms with van der Waals surface area (Å²) in [7, 11) is 2.05. The lowest BCUT2D eigenvalue weighted by Crippen LogP contribution is -2.23. The highest BCUT2D eigenvalue weighted by atomic mass is 79.9. The molecule has 0 spiro atoms. The van der Waals surface area contributed by atoms with Gasteiger partial charge in [0.25, 0.3) is 0 Å². The van der Waals surface area contributed by atoms with Gasteiger partial charge in [0.1, 0.15) is 0 Å². The van der Waals surface area contributed by atoms with Crippen molar-refractivity contribution in [3.8, 4) is 0 Å². The van der Waals surface area contributed by atoms with Crippen molar-refractivity contribution in [2.75, 3.05) is 13.6 Å². The van der Waals surface area contributed by atoms with E-state index in [0.29, 0.717) is 12.0 Å². The van der Waals surface area contributed by atoms with Gasteiger partial charge in [-0.2, -0.15) is 5.10 Å². The first kappa shape index (κ1) is 13.1. The van der Waals surface area contributed by atoms with Gasteiger partial charge in [-0.3, -0.25) is 4.68 Å². The molecule has 96 valence electrons. The fraction of sp³-hybridized carbons (Fsp3) is 0.769. The van der Waals surface area contributed by atoms with Crippen molar-refractivity contribution >= 4 is 15.9 Å². The lowest BCUT2D eigenvalue weighted by molar-refractivity contribution is 0.414. The van der Waals surface area contributed by atoms with E-state index in [1.165, 1.54) is 29.4 Å². The van der Waals surface area contributed by atoms with Gasteiger partial charge in [-0.15, -0.1) is 0 Å². The van der Waals surface area contributed by atoms with Crippen LogP contribution in [0.2, 0.25) is 0 Å². The smallest absolute Gasteiger partial charge is 0.0635 e. The van der Waals surface area contributed by atoms with Crippen LogP contribution in [0.1, 0.15) is 50.8 Å². The summed E-state index contributed by atoms with van der Waals surface area (Å²) in [6.07, 6.45) is 5.92. The molecule has 3 nitrogen and oxygen atoms in total. The van der Waals surface area contributed by atoms with Crippen LogP contribution in [-0.4, -0.2) is 23.4 Å². The SMILES string of the molecule is CNCC1CCCC1c1c(Br)cnn1C(C)C. The molecule has 0 radical (unpaired) electrons. The molecule has 2 rings (SSSR count). The number of nitrogens with one attached hydrogen (secondary N) is 1. The first-order valence-electron chi connectivity index (χ1n) is 6.52. The third kappa shape index (κ3) is 2.58. The minimum Gasteiger partial charge on any atom is -0.319 e. The molecule has 1 saturated carbocycles. The van der Waals surface area contributed by atoms with Crippen molar-refractivity contribution in [3.63, 3.8) is 0 Å². The summed E-state index contributed by atoms with van der Waals surface area (Å²) in [5.74, 6) is 1.41. The Morgan fingerprint density at radius 3 is 2.94 bits per heavy atom. The van der Waals surface area contributed by atoms with Crippen molar-refractivity contribution < 1.29 is 0 Å². The Morgan fingerprint density at radius 2 is 2.29 bits per heavy atom. The van der Waals surface area contributed by atoms with Crippen LogP contribution < -0.4 is 5.32 Å². The van der Waals surface area contributed by atoms with Crippen molar-refractivity contribution in [1.82, 2.24) is 15.1 Å². The van der Waals surface area contributed by atoms with Crippen LogP contribution in [0.3, 0.4) is 0 Å². The molecular formula is C13H22BrN3. The van der Waals surface area contributed by atoms with Crippen LogP contribution in [0.5, 0.6) is 0 Å². The Bertz CT molecular complexity index is 373. The molecule has 2 atom stereocenters. The van der Waals surface area contributed by atoms with Crippen LogP contribution in [0.4, 0.5) is 0 Å². The van der Waals surface area contributed by atoms with Gasteiger partial charge in [-0.05, 0) is 62.1 Å². The zero-order chi connectivity index (χ0) is 12.4. The van der Waals surface area contributed by atoms with Crippen LogP contribution in [-0.2, 0) is 0 Å². The quantitative estimate of drug-likeness (QED) is 0.924. The Balaban J connectivity index is 2.29. The third-order valence-electron chi connectivity index (χ3n) is 3.75. The molecule has 1 aliphatic rings. The number of hydrogen-bond donors (Lipinski definition) is 1. The summed E-state index contributed by atoms with van der Waals surface area (Å²) in [5, 5.41) is 7.83. The third-order valence-corrected chi connectivity index (χ3v) is 4.36. The van der Waals surface area contributed by atoms with Crippen LogP contribution in [0.25, 0.3) is 0 Å². The molecule has 1 aromatic heterocycles. The summed E-state index contributed by atoms with van der Waals surface area (Å²) in [4.78, 5) is 0. The normalized spacial score (nSPS) is 24.8. The molecule has 0 amide bonds. The van der Waals surface area contributed by atoms with Gasteiger partial charge in [0, 0.05) is 12.0 Å². The molecule has 4 heteroatoms. The Kier molecular flexibility index (Phi) is 4.26. The molecule has 1 heterocycles. The highest BCUT2D eigenvalue weighted by molar-refractivity contribution is 9.10. The van der Waals surface area contributed by atoms with Gasteiger partial charge < -0.3 is 5.32 Å². The lowest BCUT2D eigenvalue weighted by atomic mass is 9.92. The number of nitrogens with zero attached hydrogens (tertiary/aromatic N) is 2. The zero-order valence-electron chi connectivity index (χ0n) is 10.9. The number of aromatic nitrogens is 2. The van der Waals surface area contributed by atoms with E-state index < -0.39 is 0 Å². The van der Waals surface area contributed by atoms with E-state index in [2.05, 4.69) is 44.9 Å². The minimum absolute atomic E-state index is 0.437. The van der Waals surface area contributed by atoms with Crippen molar-refractivity contribution in [2.24, 2.45) is 5.92 Å². The van der Waals surface area contributed by atoms with Gasteiger partial charge in [-0.1, -0.05) is 6.42 Å². The van der Waals surface area contributed by atoms with Gasteiger partial charge in [0.15, 0.2) is 0 Å². The molecule has 0 bridgehead atoms. The molecule has 0 saturated heterocycles. The summed E-state index contributed by atoms with van der Waals surface area (Å²) < 4.78 is 3.36. The average Bonchev–Trinajstić information content (AvgIpc) is 2.85. The highest BCUT2D eigenvalue weighted by Gasteiger charge is 2.32. The second-order valence-electron chi connectivity index (χ2n) is 5.27. The maximum atomic E-state index is 4.50. The average molecular weight is 300 g/mol. The number of hydrogen-bond acceptors (Lipinski definition) is 2. The lowest BCUT2D eigenvalue weighted by Gasteiger charge is -2.22. The second kappa shape index (κ2) is 5.53. The summed E-state index contributed by atoms with van der Waals surface area (Å²) in [6, 6.07) is 0.437. The molecule has 1 aromatic rings. The minimum atomic E-state index is 0.437. The van der Waals surface area contributed by atoms with Gasteiger partial charge in [0.2, 0.25) is 0 Å². The Morgan fingerprint density at radius 1 is 1.53 bits per heavy atom. The fourth-order valence-corrected chi connectivity index (χ4v) is 3.58. The van der Waals surface area contributed by atoms with Gasteiger partial charge >= 0.3 is 0 Å². The van der Waals surface area contributed by atoms with Crippen molar-refractivity contribution in [3.05, 3.63) is 16.4 Å². The second-order valence-corrected chi connectivity index (χ2v) is 6.13. The van der Waals surface area contributed by atoms with E-state index in [0.717, 1.165) is 12.5 Å². The van der Waals surface area contributed by atoms with E-state index >= 15 is 0 Å². The largest absolute Gasteiger partial charge is 0.319 e. The molecule has 1 aliphatic carbocycles. The maximum absolute atomic E-state index is 4.50. The van der Waals surface area contributed by atoms with E-state index in [4.69, 9.17) is 0 Å². The number of halogens is 1. The molecule has 0 aliphatic heterocycles. The van der Waals surface area contributed by atoms with Crippen LogP contribution in [0, 0.1) is 5.92 Å². The monoisotopic (exact) mass is 299 g/mol. The van der Waals surface area contributed by atoms with Gasteiger partial charge in [-0.25, -0.2) is 0 Å². The molecule has 0 aromatic carbocycles. The summed E-state index contributed by atoms with van der Waals surface area (Å²) >= 11 is 3.67. The molecular weight excluding hydrogens is 278 g/mol. The molecule has 1 N–H and O–H groups in total. The predicted molar refractivity (Wildman–Crippen MR) is 74.3 cm³/mol. The predicted octanol–water partition coefficient (Wildman–Crippen LogP) is 3.33. The first-order chi connectivity index (χ1) is 8.15. The van der Waals surface area contributed by atoms with Crippen LogP contribution >= 0.6 is 15.9 Å².